The number of methoxy groups -OCH3 is 1. The molecule has 2 atom stereocenters. The molecule has 214 valence electrons. The Morgan fingerprint density at radius 2 is 1.95 bits per heavy atom. The summed E-state index contributed by atoms with van der Waals surface area (Å²) >= 11 is 0. The van der Waals surface area contributed by atoms with Gasteiger partial charge in [-0.25, -0.2) is 9.18 Å². The summed E-state index contributed by atoms with van der Waals surface area (Å²) in [6, 6.07) is 12.7. The Balaban J connectivity index is 2.00. The standard InChI is InChI=1S/C31H44FN3O4/c1-22(2)23-10-5-11-24(20-23)29-26(13-6-14-27(29)32)31(38,16-9-18-34-30(37)39-4)25-12-8-19-35(21-25)28(36)15-7-17-33-3/h5-6,10-11,13-14,20,22,25,33,38H,7-9,12,15-19,21H2,1-4H3,(H,34,37)/t25-,31+/m1/s1. The van der Waals surface area contributed by atoms with E-state index in [-0.39, 0.29) is 17.7 Å². The zero-order chi connectivity index (χ0) is 28.4. The summed E-state index contributed by atoms with van der Waals surface area (Å²) in [6.07, 6.45) is 2.89. The summed E-state index contributed by atoms with van der Waals surface area (Å²) in [5, 5.41) is 18.3. The number of nitrogens with zero attached hydrogens (tertiary/aromatic N) is 1. The molecule has 0 spiro atoms. The number of rotatable bonds is 12. The molecule has 0 bridgehead atoms. The van der Waals surface area contributed by atoms with Crippen molar-refractivity contribution in [1.82, 2.24) is 15.5 Å². The molecule has 2 aromatic rings. The molecule has 2 aromatic carbocycles. The number of hydrogen-bond acceptors (Lipinski definition) is 5. The van der Waals surface area contributed by atoms with E-state index in [2.05, 4.69) is 29.2 Å². The molecule has 0 saturated carbocycles. The maximum Gasteiger partial charge on any atom is 0.406 e. The third-order valence-corrected chi connectivity index (χ3v) is 7.78. The minimum absolute atomic E-state index is 0.0776. The lowest BCUT2D eigenvalue weighted by Gasteiger charge is -2.43. The predicted molar refractivity (Wildman–Crippen MR) is 152 cm³/mol. The molecule has 0 radical (unpaired) electrons. The number of aliphatic hydroxyl groups is 1. The van der Waals surface area contributed by atoms with E-state index in [0.717, 1.165) is 30.5 Å². The fourth-order valence-corrected chi connectivity index (χ4v) is 5.58. The van der Waals surface area contributed by atoms with Crippen molar-refractivity contribution in [2.75, 3.05) is 40.3 Å². The molecule has 8 heteroatoms. The van der Waals surface area contributed by atoms with Gasteiger partial charge in [0.2, 0.25) is 5.91 Å². The lowest BCUT2D eigenvalue weighted by Crippen LogP contribution is -2.48. The van der Waals surface area contributed by atoms with Crippen molar-refractivity contribution in [1.29, 1.82) is 0 Å². The number of alkyl carbamates (subject to hydrolysis) is 1. The van der Waals surface area contributed by atoms with Crippen LogP contribution in [0.2, 0.25) is 0 Å². The van der Waals surface area contributed by atoms with Crippen molar-refractivity contribution < 1.29 is 23.8 Å². The van der Waals surface area contributed by atoms with Gasteiger partial charge in [0.25, 0.3) is 0 Å². The molecule has 39 heavy (non-hydrogen) atoms. The van der Waals surface area contributed by atoms with Gasteiger partial charge in [0.1, 0.15) is 5.82 Å². The second kappa shape index (κ2) is 14.4. The van der Waals surface area contributed by atoms with Crippen LogP contribution in [0.1, 0.15) is 69.4 Å². The normalized spacial score (nSPS) is 17.1. The van der Waals surface area contributed by atoms with Gasteiger partial charge >= 0.3 is 6.09 Å². The van der Waals surface area contributed by atoms with Crippen molar-refractivity contribution in [3.63, 3.8) is 0 Å². The molecular weight excluding hydrogens is 497 g/mol. The van der Waals surface area contributed by atoms with Gasteiger partial charge in [-0.1, -0.05) is 50.2 Å². The highest BCUT2D eigenvalue weighted by Gasteiger charge is 2.43. The topological polar surface area (TPSA) is 90.9 Å². The first-order valence-electron chi connectivity index (χ1n) is 14.1. The number of amides is 2. The number of ether oxygens (including phenoxy) is 1. The zero-order valence-electron chi connectivity index (χ0n) is 23.8. The van der Waals surface area contributed by atoms with E-state index in [1.54, 1.807) is 6.07 Å². The van der Waals surface area contributed by atoms with E-state index >= 15 is 4.39 Å². The minimum atomic E-state index is -1.41. The monoisotopic (exact) mass is 541 g/mol. The lowest BCUT2D eigenvalue weighted by atomic mass is 9.72. The van der Waals surface area contributed by atoms with E-state index in [1.807, 2.05) is 42.3 Å². The molecule has 0 aliphatic carbocycles. The zero-order valence-corrected chi connectivity index (χ0v) is 23.8. The number of carbonyl (C=O) groups excluding carboxylic acids is 2. The number of benzene rings is 2. The number of carbonyl (C=O) groups is 2. The number of nitrogens with one attached hydrogen (secondary N) is 2. The van der Waals surface area contributed by atoms with Crippen LogP contribution in [0.3, 0.4) is 0 Å². The van der Waals surface area contributed by atoms with Crippen molar-refractivity contribution in [2.24, 2.45) is 5.92 Å². The first-order valence-corrected chi connectivity index (χ1v) is 14.1. The quantitative estimate of drug-likeness (QED) is 0.322. The summed E-state index contributed by atoms with van der Waals surface area (Å²) < 4.78 is 20.3. The largest absolute Gasteiger partial charge is 0.453 e. The van der Waals surface area contributed by atoms with Crippen LogP contribution in [0.4, 0.5) is 9.18 Å². The van der Waals surface area contributed by atoms with Crippen molar-refractivity contribution in [3.8, 4) is 11.1 Å². The summed E-state index contributed by atoms with van der Waals surface area (Å²) in [4.78, 5) is 26.4. The highest BCUT2D eigenvalue weighted by Crippen LogP contribution is 2.44. The van der Waals surface area contributed by atoms with Crippen LogP contribution >= 0.6 is 0 Å². The Labute approximate surface area is 232 Å². The highest BCUT2D eigenvalue weighted by molar-refractivity contribution is 5.76. The van der Waals surface area contributed by atoms with Gasteiger partial charge < -0.3 is 25.4 Å². The Bertz CT molecular complexity index is 1110. The molecule has 1 aliphatic heterocycles. The third-order valence-electron chi connectivity index (χ3n) is 7.78. The van der Waals surface area contributed by atoms with E-state index in [9.17, 15) is 14.7 Å². The van der Waals surface area contributed by atoms with Gasteiger partial charge in [0, 0.05) is 37.5 Å². The van der Waals surface area contributed by atoms with E-state index in [1.165, 1.54) is 13.2 Å². The second-order valence-electron chi connectivity index (χ2n) is 10.8. The van der Waals surface area contributed by atoms with E-state index < -0.39 is 17.5 Å². The number of halogens is 1. The Morgan fingerprint density at radius 1 is 1.18 bits per heavy atom. The van der Waals surface area contributed by atoms with Crippen LogP contribution in [0, 0.1) is 11.7 Å². The fourth-order valence-electron chi connectivity index (χ4n) is 5.58. The molecule has 0 unspecified atom stereocenters. The SMILES string of the molecule is CNCCCC(=O)N1CCC[C@@H]([C@@](O)(CCCNC(=O)OC)c2cccc(F)c2-c2cccc(C(C)C)c2)C1. The number of hydrogen-bond donors (Lipinski definition) is 3. The molecule has 3 rings (SSSR count). The van der Waals surface area contributed by atoms with Gasteiger partial charge in [-0.15, -0.1) is 0 Å². The molecule has 1 heterocycles. The highest BCUT2D eigenvalue weighted by atomic mass is 19.1. The summed E-state index contributed by atoms with van der Waals surface area (Å²) in [5.74, 6) is -0.334. The molecule has 1 fully saturated rings. The number of likely N-dealkylation sites (tertiary alicyclic amines) is 1. The van der Waals surface area contributed by atoms with Gasteiger partial charge in [-0.2, -0.15) is 0 Å². The maximum atomic E-state index is 15.6. The predicted octanol–water partition coefficient (Wildman–Crippen LogP) is 5.18. The average molecular weight is 542 g/mol. The van der Waals surface area contributed by atoms with Gasteiger partial charge in [0.15, 0.2) is 0 Å². The van der Waals surface area contributed by atoms with Crippen LogP contribution in [-0.2, 0) is 15.1 Å². The molecule has 7 nitrogen and oxygen atoms in total. The summed E-state index contributed by atoms with van der Waals surface area (Å²) in [5.41, 5.74) is 1.31. The molecule has 0 aromatic heterocycles. The molecule has 1 aliphatic rings. The minimum Gasteiger partial charge on any atom is -0.453 e. The Hall–Kier alpha value is -2.97. The van der Waals surface area contributed by atoms with Gasteiger partial charge in [0.05, 0.1) is 12.7 Å². The first kappa shape index (κ1) is 30.6. The first-order chi connectivity index (χ1) is 18.7. The maximum absolute atomic E-state index is 15.6. The van der Waals surface area contributed by atoms with E-state index in [4.69, 9.17) is 0 Å². The Kier molecular flexibility index (Phi) is 11.3. The molecule has 2 amide bonds. The molecule has 1 saturated heterocycles. The van der Waals surface area contributed by atoms with E-state index in [0.29, 0.717) is 56.4 Å². The summed E-state index contributed by atoms with van der Waals surface area (Å²) in [7, 11) is 3.17. The lowest BCUT2D eigenvalue weighted by molar-refractivity contribution is -0.136. The second-order valence-corrected chi connectivity index (χ2v) is 10.8. The molecular formula is C31H44FN3O4. The average Bonchev–Trinajstić information content (AvgIpc) is 2.95. The number of piperidine rings is 1. The van der Waals surface area contributed by atoms with Crippen LogP contribution in [0.15, 0.2) is 42.5 Å². The van der Waals surface area contributed by atoms with Crippen LogP contribution in [-0.4, -0.2) is 62.3 Å². The summed E-state index contributed by atoms with van der Waals surface area (Å²) in [6.45, 7) is 6.32. The van der Waals surface area contributed by atoms with Crippen molar-refractivity contribution >= 4 is 12.0 Å². The van der Waals surface area contributed by atoms with Crippen LogP contribution in [0.5, 0.6) is 0 Å². The third kappa shape index (κ3) is 7.79. The smallest absolute Gasteiger partial charge is 0.406 e. The van der Waals surface area contributed by atoms with Crippen molar-refractivity contribution in [3.05, 3.63) is 59.4 Å². The van der Waals surface area contributed by atoms with Gasteiger partial charge in [-0.3, -0.25) is 4.79 Å². The van der Waals surface area contributed by atoms with Crippen molar-refractivity contribution in [2.45, 2.75) is 63.9 Å². The molecule has 3 N–H and O–H groups in total. The Morgan fingerprint density at radius 3 is 2.67 bits per heavy atom. The fraction of sp³-hybridized carbons (Fsp3) is 0.548. The van der Waals surface area contributed by atoms with Gasteiger partial charge in [-0.05, 0) is 74.4 Å². The van der Waals surface area contributed by atoms with Crippen LogP contribution < -0.4 is 10.6 Å². The van der Waals surface area contributed by atoms with Crippen LogP contribution in [0.25, 0.3) is 11.1 Å².